The van der Waals surface area contributed by atoms with Crippen molar-refractivity contribution in [3.05, 3.63) is 41.7 Å². The quantitative estimate of drug-likeness (QED) is 0.784. The Morgan fingerprint density at radius 3 is 2.90 bits per heavy atom. The van der Waals surface area contributed by atoms with Gasteiger partial charge < -0.3 is 15.8 Å². The van der Waals surface area contributed by atoms with Crippen molar-refractivity contribution >= 4 is 11.6 Å². The van der Waals surface area contributed by atoms with Gasteiger partial charge in [0.25, 0.3) is 5.91 Å². The van der Waals surface area contributed by atoms with Gasteiger partial charge in [-0.1, -0.05) is 19.1 Å². The number of carbonyl (C=O) groups is 1. The van der Waals surface area contributed by atoms with Gasteiger partial charge in [-0.3, -0.25) is 9.48 Å². The van der Waals surface area contributed by atoms with Gasteiger partial charge in [-0.15, -0.1) is 0 Å². The minimum absolute atomic E-state index is 0.0596. The SMILES string of the molecule is CCc1nn(C)cc1CNC(=O)COc1ccccc1N. The van der Waals surface area contributed by atoms with Crippen LogP contribution in [0.2, 0.25) is 0 Å². The Labute approximate surface area is 123 Å². The molecule has 6 nitrogen and oxygen atoms in total. The van der Waals surface area contributed by atoms with E-state index in [2.05, 4.69) is 10.4 Å². The number of nitrogens with two attached hydrogens (primary N) is 1. The summed E-state index contributed by atoms with van der Waals surface area (Å²) in [6, 6.07) is 7.10. The normalized spacial score (nSPS) is 10.4. The maximum Gasteiger partial charge on any atom is 0.258 e. The zero-order valence-electron chi connectivity index (χ0n) is 12.3. The lowest BCUT2D eigenvalue weighted by atomic mass is 10.2. The molecular weight excluding hydrogens is 268 g/mol. The van der Waals surface area contributed by atoms with Crippen molar-refractivity contribution < 1.29 is 9.53 Å². The molecule has 1 aromatic heterocycles. The topological polar surface area (TPSA) is 82.2 Å². The van der Waals surface area contributed by atoms with E-state index >= 15 is 0 Å². The monoisotopic (exact) mass is 288 g/mol. The summed E-state index contributed by atoms with van der Waals surface area (Å²) < 4.78 is 7.14. The van der Waals surface area contributed by atoms with Gasteiger partial charge in [0.1, 0.15) is 5.75 Å². The Morgan fingerprint density at radius 1 is 1.43 bits per heavy atom. The van der Waals surface area contributed by atoms with Crippen molar-refractivity contribution in [2.45, 2.75) is 19.9 Å². The summed E-state index contributed by atoms with van der Waals surface area (Å²) in [6.07, 6.45) is 2.75. The van der Waals surface area contributed by atoms with Crippen molar-refractivity contribution in [2.75, 3.05) is 12.3 Å². The number of anilines is 1. The Kier molecular flexibility index (Phi) is 4.81. The predicted molar refractivity (Wildman–Crippen MR) is 80.8 cm³/mol. The average Bonchev–Trinajstić information content (AvgIpc) is 2.84. The average molecular weight is 288 g/mol. The number of hydrogen-bond acceptors (Lipinski definition) is 4. The van der Waals surface area contributed by atoms with Gasteiger partial charge in [0.15, 0.2) is 6.61 Å². The van der Waals surface area contributed by atoms with Crippen LogP contribution < -0.4 is 15.8 Å². The van der Waals surface area contributed by atoms with Crippen LogP contribution in [0.15, 0.2) is 30.5 Å². The highest BCUT2D eigenvalue weighted by atomic mass is 16.5. The van der Waals surface area contributed by atoms with Crippen LogP contribution in [-0.4, -0.2) is 22.3 Å². The lowest BCUT2D eigenvalue weighted by molar-refractivity contribution is -0.123. The zero-order valence-corrected chi connectivity index (χ0v) is 12.3. The fourth-order valence-electron chi connectivity index (χ4n) is 2.03. The minimum Gasteiger partial charge on any atom is -0.482 e. The highest BCUT2D eigenvalue weighted by Crippen LogP contribution is 2.19. The molecule has 0 spiro atoms. The highest BCUT2D eigenvalue weighted by molar-refractivity contribution is 5.77. The molecule has 0 unspecified atom stereocenters. The molecule has 0 radical (unpaired) electrons. The Morgan fingerprint density at radius 2 is 2.19 bits per heavy atom. The first-order valence-electron chi connectivity index (χ1n) is 6.85. The van der Waals surface area contributed by atoms with Crippen molar-refractivity contribution in [1.29, 1.82) is 0 Å². The molecule has 0 bridgehead atoms. The van der Waals surface area contributed by atoms with E-state index in [1.807, 2.05) is 32.3 Å². The van der Waals surface area contributed by atoms with Gasteiger partial charge in [0.2, 0.25) is 0 Å². The van der Waals surface area contributed by atoms with Crippen LogP contribution in [0.4, 0.5) is 5.69 Å². The van der Waals surface area contributed by atoms with Crippen LogP contribution >= 0.6 is 0 Å². The molecule has 112 valence electrons. The summed E-state index contributed by atoms with van der Waals surface area (Å²) in [7, 11) is 1.87. The minimum atomic E-state index is -0.191. The van der Waals surface area contributed by atoms with E-state index in [0.717, 1.165) is 17.7 Å². The van der Waals surface area contributed by atoms with E-state index in [1.165, 1.54) is 0 Å². The number of amides is 1. The summed E-state index contributed by atoms with van der Waals surface area (Å²) >= 11 is 0. The van der Waals surface area contributed by atoms with Crippen LogP contribution in [0.25, 0.3) is 0 Å². The standard InChI is InChI=1S/C15H20N4O2/c1-3-13-11(9-19(2)18-13)8-17-15(20)10-21-14-7-5-4-6-12(14)16/h4-7,9H,3,8,10,16H2,1-2H3,(H,17,20). The number of ether oxygens (including phenoxy) is 1. The first-order valence-corrected chi connectivity index (χ1v) is 6.85. The molecule has 0 atom stereocenters. The molecule has 1 aromatic carbocycles. The van der Waals surface area contributed by atoms with Crippen molar-refractivity contribution in [3.8, 4) is 5.75 Å². The van der Waals surface area contributed by atoms with Gasteiger partial charge in [-0.05, 0) is 18.6 Å². The van der Waals surface area contributed by atoms with Crippen LogP contribution in [0.5, 0.6) is 5.75 Å². The summed E-state index contributed by atoms with van der Waals surface area (Å²) in [4.78, 5) is 11.8. The van der Waals surface area contributed by atoms with Gasteiger partial charge in [0.05, 0.1) is 11.4 Å². The first-order chi connectivity index (χ1) is 10.1. The molecule has 1 heterocycles. The van der Waals surface area contributed by atoms with Gasteiger partial charge in [0, 0.05) is 25.4 Å². The Hall–Kier alpha value is -2.50. The zero-order chi connectivity index (χ0) is 15.2. The van der Waals surface area contributed by atoms with Crippen LogP contribution in [0, 0.1) is 0 Å². The maximum atomic E-state index is 11.8. The fourth-order valence-corrected chi connectivity index (χ4v) is 2.03. The van der Waals surface area contributed by atoms with E-state index in [4.69, 9.17) is 10.5 Å². The lowest BCUT2D eigenvalue weighted by Gasteiger charge is -2.09. The van der Waals surface area contributed by atoms with Crippen LogP contribution in [0.3, 0.4) is 0 Å². The second-order valence-electron chi connectivity index (χ2n) is 4.73. The number of aryl methyl sites for hydroxylation is 2. The number of rotatable bonds is 6. The molecule has 0 saturated heterocycles. The molecule has 1 amide bonds. The summed E-state index contributed by atoms with van der Waals surface area (Å²) in [6.45, 7) is 2.42. The Balaban J connectivity index is 1.84. The van der Waals surface area contributed by atoms with E-state index in [0.29, 0.717) is 18.0 Å². The van der Waals surface area contributed by atoms with Crippen molar-refractivity contribution in [2.24, 2.45) is 7.05 Å². The van der Waals surface area contributed by atoms with E-state index in [1.54, 1.807) is 16.8 Å². The van der Waals surface area contributed by atoms with Crippen LogP contribution in [-0.2, 0) is 24.8 Å². The van der Waals surface area contributed by atoms with Crippen molar-refractivity contribution in [3.63, 3.8) is 0 Å². The van der Waals surface area contributed by atoms with Gasteiger partial charge in [-0.2, -0.15) is 5.10 Å². The number of benzene rings is 1. The highest BCUT2D eigenvalue weighted by Gasteiger charge is 2.09. The van der Waals surface area contributed by atoms with E-state index < -0.39 is 0 Å². The third kappa shape index (κ3) is 3.98. The molecule has 0 saturated carbocycles. The predicted octanol–water partition coefficient (Wildman–Crippen LogP) is 1.26. The van der Waals surface area contributed by atoms with Crippen LogP contribution in [0.1, 0.15) is 18.2 Å². The molecule has 2 aromatic rings. The number of hydrogen-bond donors (Lipinski definition) is 2. The first kappa shape index (κ1) is 14.9. The molecular formula is C15H20N4O2. The molecule has 0 aliphatic heterocycles. The largest absolute Gasteiger partial charge is 0.482 e. The van der Waals surface area contributed by atoms with Gasteiger partial charge in [-0.25, -0.2) is 0 Å². The number of nitrogens with zero attached hydrogens (tertiary/aromatic N) is 2. The molecule has 6 heteroatoms. The molecule has 0 aliphatic carbocycles. The number of nitrogens with one attached hydrogen (secondary N) is 1. The van der Waals surface area contributed by atoms with Crippen molar-refractivity contribution in [1.82, 2.24) is 15.1 Å². The summed E-state index contributed by atoms with van der Waals surface area (Å²) in [5.41, 5.74) is 8.28. The molecule has 3 N–H and O–H groups in total. The third-order valence-corrected chi connectivity index (χ3v) is 3.08. The number of carbonyl (C=O) groups excluding carboxylic acids is 1. The number of para-hydroxylation sites is 2. The maximum absolute atomic E-state index is 11.8. The molecule has 0 fully saturated rings. The number of nitrogen functional groups attached to an aromatic ring is 1. The lowest BCUT2D eigenvalue weighted by Crippen LogP contribution is -2.28. The second kappa shape index (κ2) is 6.78. The smallest absolute Gasteiger partial charge is 0.258 e. The van der Waals surface area contributed by atoms with E-state index in [-0.39, 0.29) is 12.5 Å². The summed E-state index contributed by atoms with van der Waals surface area (Å²) in [5.74, 6) is 0.326. The summed E-state index contributed by atoms with van der Waals surface area (Å²) in [5, 5.41) is 7.15. The Bertz CT molecular complexity index is 622. The third-order valence-electron chi connectivity index (χ3n) is 3.08. The second-order valence-corrected chi connectivity index (χ2v) is 4.73. The molecule has 2 rings (SSSR count). The van der Waals surface area contributed by atoms with E-state index in [9.17, 15) is 4.79 Å². The molecule has 0 aliphatic rings. The van der Waals surface area contributed by atoms with Gasteiger partial charge >= 0.3 is 0 Å². The number of aromatic nitrogens is 2. The fraction of sp³-hybridized carbons (Fsp3) is 0.333. The molecule has 21 heavy (non-hydrogen) atoms.